The molecule has 0 N–H and O–H groups in total. The molecule has 0 radical (unpaired) electrons. The summed E-state index contributed by atoms with van der Waals surface area (Å²) in [5, 5.41) is 0. The van der Waals surface area contributed by atoms with Crippen LogP contribution in [0.2, 0.25) is 0 Å². The fourth-order valence-corrected chi connectivity index (χ4v) is 1.31. The van der Waals surface area contributed by atoms with Gasteiger partial charge in [0, 0.05) is 18.7 Å². The van der Waals surface area contributed by atoms with E-state index >= 15 is 0 Å². The van der Waals surface area contributed by atoms with Gasteiger partial charge in [-0.3, -0.25) is 9.59 Å². The molecule has 1 amide bonds. The van der Waals surface area contributed by atoms with Gasteiger partial charge in [0.25, 0.3) is 5.78 Å². The normalized spacial score (nSPS) is 11.1. The summed E-state index contributed by atoms with van der Waals surface area (Å²) < 4.78 is 37.3. The molecule has 0 atom stereocenters. The highest BCUT2D eigenvalue weighted by molar-refractivity contribution is 6.37. The van der Waals surface area contributed by atoms with Crippen molar-refractivity contribution in [1.82, 2.24) is 0 Å². The number of Topliss-reactive ketones (excluding diaryl/α,β-unsaturated/α-hetero) is 1. The standard InChI is InChI=1S/C10H7ClF3NO2/c1-6(16)15(11)8-5-3-2-4-7(8)9(17)10(12,13)14/h2-5H,1H3. The Balaban J connectivity index is 3.26. The van der Waals surface area contributed by atoms with Crippen molar-refractivity contribution in [3.63, 3.8) is 0 Å². The van der Waals surface area contributed by atoms with E-state index in [1.165, 1.54) is 12.1 Å². The summed E-state index contributed by atoms with van der Waals surface area (Å²) in [6, 6.07) is 4.75. The third-order valence-corrected chi connectivity index (χ3v) is 2.31. The molecule has 92 valence electrons. The van der Waals surface area contributed by atoms with Crippen molar-refractivity contribution in [3.8, 4) is 0 Å². The molecule has 1 aromatic carbocycles. The molecule has 0 fully saturated rings. The molecule has 0 aliphatic carbocycles. The summed E-state index contributed by atoms with van der Waals surface area (Å²) in [5.41, 5.74) is -0.950. The Kier molecular flexibility index (Phi) is 3.77. The van der Waals surface area contributed by atoms with Gasteiger partial charge in [-0.25, -0.2) is 4.42 Å². The molecule has 17 heavy (non-hydrogen) atoms. The van der Waals surface area contributed by atoms with E-state index in [2.05, 4.69) is 0 Å². The molecule has 0 saturated carbocycles. The fraction of sp³-hybridized carbons (Fsp3) is 0.200. The minimum absolute atomic E-state index is 0.288. The number of anilines is 1. The Morgan fingerprint density at radius 1 is 1.24 bits per heavy atom. The van der Waals surface area contributed by atoms with Crippen LogP contribution in [0.3, 0.4) is 0 Å². The van der Waals surface area contributed by atoms with Crippen molar-refractivity contribution >= 4 is 29.2 Å². The smallest absolute Gasteiger partial charge is 0.284 e. The summed E-state index contributed by atoms with van der Waals surface area (Å²) >= 11 is 5.50. The molecule has 0 unspecified atom stereocenters. The lowest BCUT2D eigenvalue weighted by Crippen LogP contribution is -2.26. The minimum atomic E-state index is -5.01. The van der Waals surface area contributed by atoms with Crippen molar-refractivity contribution in [2.24, 2.45) is 0 Å². The van der Waals surface area contributed by atoms with E-state index in [1.54, 1.807) is 0 Å². The number of hydrogen-bond acceptors (Lipinski definition) is 2. The number of para-hydroxylation sites is 1. The van der Waals surface area contributed by atoms with Crippen molar-refractivity contribution in [2.75, 3.05) is 4.42 Å². The third kappa shape index (κ3) is 2.97. The van der Waals surface area contributed by atoms with Crippen molar-refractivity contribution in [1.29, 1.82) is 0 Å². The van der Waals surface area contributed by atoms with Gasteiger partial charge in [-0.2, -0.15) is 13.2 Å². The number of carbonyl (C=O) groups excluding carboxylic acids is 2. The third-order valence-electron chi connectivity index (χ3n) is 1.89. The Morgan fingerprint density at radius 3 is 2.24 bits per heavy atom. The van der Waals surface area contributed by atoms with E-state index in [0.717, 1.165) is 19.1 Å². The summed E-state index contributed by atoms with van der Waals surface area (Å²) in [6.07, 6.45) is -5.01. The monoisotopic (exact) mass is 265 g/mol. The number of halogens is 4. The molecule has 0 heterocycles. The van der Waals surface area contributed by atoms with E-state index in [0.29, 0.717) is 4.42 Å². The molecule has 0 aromatic heterocycles. The summed E-state index contributed by atoms with van der Waals surface area (Å²) in [6.45, 7) is 1.07. The molecule has 1 rings (SSSR count). The summed E-state index contributed by atoms with van der Waals surface area (Å²) in [7, 11) is 0. The molecule has 0 aliphatic rings. The van der Waals surface area contributed by atoms with Crippen LogP contribution >= 0.6 is 11.8 Å². The number of carbonyl (C=O) groups is 2. The Bertz CT molecular complexity index is 459. The van der Waals surface area contributed by atoms with E-state index in [1.807, 2.05) is 0 Å². The molecule has 0 bridgehead atoms. The maximum absolute atomic E-state index is 12.3. The molecule has 0 aliphatic heterocycles. The highest BCUT2D eigenvalue weighted by Gasteiger charge is 2.41. The lowest BCUT2D eigenvalue weighted by atomic mass is 10.1. The Labute approximate surface area is 99.9 Å². The van der Waals surface area contributed by atoms with Crippen molar-refractivity contribution in [3.05, 3.63) is 29.8 Å². The van der Waals surface area contributed by atoms with Gasteiger partial charge >= 0.3 is 6.18 Å². The Hall–Kier alpha value is -1.56. The van der Waals surface area contributed by atoms with Crippen LogP contribution in [0.5, 0.6) is 0 Å². The highest BCUT2D eigenvalue weighted by atomic mass is 35.5. The first-order valence-electron chi connectivity index (χ1n) is 4.42. The van der Waals surface area contributed by atoms with Gasteiger partial charge in [-0.05, 0) is 12.1 Å². The number of nitrogens with zero attached hydrogens (tertiary/aromatic N) is 1. The maximum Gasteiger partial charge on any atom is 0.454 e. The van der Waals surface area contributed by atoms with Crippen LogP contribution in [0.25, 0.3) is 0 Å². The van der Waals surface area contributed by atoms with E-state index in [4.69, 9.17) is 11.8 Å². The SMILES string of the molecule is CC(=O)N(Cl)c1ccccc1C(=O)C(F)(F)F. The van der Waals surface area contributed by atoms with E-state index in [9.17, 15) is 22.8 Å². The second kappa shape index (κ2) is 4.75. The molecule has 0 spiro atoms. The number of alkyl halides is 3. The number of rotatable bonds is 2. The first-order valence-corrected chi connectivity index (χ1v) is 4.76. The van der Waals surface area contributed by atoms with Gasteiger partial charge in [0.1, 0.15) is 0 Å². The molecular weight excluding hydrogens is 259 g/mol. The topological polar surface area (TPSA) is 37.4 Å². The van der Waals surface area contributed by atoms with Gasteiger partial charge in [0.15, 0.2) is 0 Å². The number of hydrogen-bond donors (Lipinski definition) is 0. The molecule has 1 aromatic rings. The largest absolute Gasteiger partial charge is 0.454 e. The van der Waals surface area contributed by atoms with Crippen LogP contribution < -0.4 is 4.42 Å². The highest BCUT2D eigenvalue weighted by Crippen LogP contribution is 2.29. The van der Waals surface area contributed by atoms with Crippen LogP contribution in [0.1, 0.15) is 17.3 Å². The zero-order valence-corrected chi connectivity index (χ0v) is 9.34. The lowest BCUT2D eigenvalue weighted by Gasteiger charge is -2.16. The van der Waals surface area contributed by atoms with E-state index in [-0.39, 0.29) is 5.69 Å². The molecule has 3 nitrogen and oxygen atoms in total. The van der Waals surface area contributed by atoms with Crippen molar-refractivity contribution < 1.29 is 22.8 Å². The zero-order valence-electron chi connectivity index (χ0n) is 8.58. The second-order valence-electron chi connectivity index (χ2n) is 3.14. The van der Waals surface area contributed by atoms with Crippen LogP contribution in [-0.2, 0) is 4.79 Å². The van der Waals surface area contributed by atoms with Gasteiger partial charge in [0.05, 0.1) is 11.3 Å². The van der Waals surface area contributed by atoms with Crippen LogP contribution in [0.15, 0.2) is 24.3 Å². The van der Waals surface area contributed by atoms with Crippen molar-refractivity contribution in [2.45, 2.75) is 13.1 Å². The van der Waals surface area contributed by atoms with Crippen LogP contribution in [0, 0.1) is 0 Å². The first kappa shape index (κ1) is 13.5. The van der Waals surface area contributed by atoms with Gasteiger partial charge < -0.3 is 0 Å². The minimum Gasteiger partial charge on any atom is -0.284 e. The predicted molar refractivity (Wildman–Crippen MR) is 55.8 cm³/mol. The average Bonchev–Trinajstić information content (AvgIpc) is 2.25. The lowest BCUT2D eigenvalue weighted by molar-refractivity contribution is -0.115. The number of ketones is 1. The fourth-order valence-electron chi connectivity index (χ4n) is 1.16. The molecule has 7 heteroatoms. The van der Waals surface area contributed by atoms with Crippen LogP contribution in [-0.4, -0.2) is 17.9 Å². The summed E-state index contributed by atoms with van der Waals surface area (Å²) in [5.74, 6) is -2.73. The quantitative estimate of drug-likeness (QED) is 0.609. The predicted octanol–water partition coefficient (Wildman–Crippen LogP) is 2.94. The Morgan fingerprint density at radius 2 is 1.76 bits per heavy atom. The van der Waals surface area contributed by atoms with Gasteiger partial charge in [-0.15, -0.1) is 0 Å². The summed E-state index contributed by atoms with van der Waals surface area (Å²) in [4.78, 5) is 22.1. The second-order valence-corrected chi connectivity index (χ2v) is 3.48. The zero-order chi connectivity index (χ0) is 13.2. The number of amides is 1. The number of benzene rings is 1. The maximum atomic E-state index is 12.3. The van der Waals surface area contributed by atoms with E-state index < -0.39 is 23.4 Å². The van der Waals surface area contributed by atoms with Gasteiger partial charge in [0.2, 0.25) is 5.91 Å². The molecule has 0 saturated heterocycles. The van der Waals surface area contributed by atoms with Gasteiger partial charge in [-0.1, -0.05) is 12.1 Å². The molecular formula is C10H7ClF3NO2. The average molecular weight is 266 g/mol. The first-order chi connectivity index (χ1) is 7.75. The van der Waals surface area contributed by atoms with Crippen LogP contribution in [0.4, 0.5) is 18.9 Å².